The van der Waals surface area contributed by atoms with Gasteiger partial charge in [0.15, 0.2) is 0 Å². The van der Waals surface area contributed by atoms with E-state index in [0.29, 0.717) is 17.6 Å². The Morgan fingerprint density at radius 3 is 3.00 bits per heavy atom. The van der Waals surface area contributed by atoms with Gasteiger partial charge in [-0.2, -0.15) is 11.8 Å². The van der Waals surface area contributed by atoms with Gasteiger partial charge in [-0.15, -0.1) is 6.58 Å². The van der Waals surface area contributed by atoms with E-state index in [1.165, 1.54) is 18.2 Å². The minimum atomic E-state index is -0.885. The number of rotatable bonds is 10. The number of ether oxygens (including phenoxy) is 1. The van der Waals surface area contributed by atoms with Crippen LogP contribution in [-0.2, 0) is 9.53 Å². The van der Waals surface area contributed by atoms with Crippen molar-refractivity contribution in [2.75, 3.05) is 19.0 Å². The molecule has 0 aromatic rings. The lowest BCUT2D eigenvalue weighted by molar-refractivity contribution is -0.131. The molecule has 0 amide bonds. The third-order valence-electron chi connectivity index (χ3n) is 3.08. The zero-order valence-corrected chi connectivity index (χ0v) is 12.7. The Bertz CT molecular complexity index is 350. The van der Waals surface area contributed by atoms with Gasteiger partial charge in [0.1, 0.15) is 0 Å². The van der Waals surface area contributed by atoms with Crippen LogP contribution >= 0.6 is 11.8 Å². The molecule has 0 aromatic heterocycles. The van der Waals surface area contributed by atoms with E-state index >= 15 is 0 Å². The maximum Gasteiger partial charge on any atom is 0.327 e. The molecule has 0 saturated carbocycles. The summed E-state index contributed by atoms with van der Waals surface area (Å²) in [6, 6.07) is 0. The number of allylic oxidation sites excluding steroid dienone is 3. The molecule has 0 aromatic carbocycles. The predicted octanol–water partition coefficient (Wildman–Crippen LogP) is 3.68. The summed E-state index contributed by atoms with van der Waals surface area (Å²) in [4.78, 5) is 10.3. The van der Waals surface area contributed by atoms with Crippen molar-refractivity contribution in [2.45, 2.75) is 30.9 Å². The van der Waals surface area contributed by atoms with Crippen LogP contribution in [0.5, 0.6) is 0 Å². The number of hydrogen-bond donors (Lipinski definition) is 1. The molecule has 20 heavy (non-hydrogen) atoms. The van der Waals surface area contributed by atoms with Crippen LogP contribution in [0, 0.1) is 5.92 Å². The fraction of sp³-hybridized carbons (Fsp3) is 0.562. The van der Waals surface area contributed by atoms with Crippen LogP contribution in [0.25, 0.3) is 0 Å². The van der Waals surface area contributed by atoms with E-state index < -0.39 is 5.97 Å². The quantitative estimate of drug-likeness (QED) is 0.379. The monoisotopic (exact) mass is 296 g/mol. The first-order chi connectivity index (χ1) is 9.72. The van der Waals surface area contributed by atoms with Gasteiger partial charge in [0.2, 0.25) is 0 Å². The average molecular weight is 296 g/mol. The van der Waals surface area contributed by atoms with Crippen LogP contribution in [0.15, 0.2) is 37.0 Å². The molecule has 1 aliphatic rings. The van der Waals surface area contributed by atoms with E-state index in [2.05, 4.69) is 12.7 Å². The average Bonchev–Trinajstić information content (AvgIpc) is 2.86. The molecular weight excluding hydrogens is 272 g/mol. The van der Waals surface area contributed by atoms with E-state index in [4.69, 9.17) is 9.84 Å². The first-order valence-corrected chi connectivity index (χ1v) is 8.12. The SMILES string of the molecule is C=CCCOC[C@H]1CSC(CC=CC/C=C\C(=O)O)C1. The molecule has 0 spiro atoms. The van der Waals surface area contributed by atoms with Gasteiger partial charge in [-0.05, 0) is 37.4 Å². The standard InChI is InChI=1S/C16H24O3S/c1-2-3-10-19-12-14-11-15(20-13-14)8-6-4-5-7-9-16(17)18/h2,4,6-7,9,14-15H,1,3,5,8,10-13H2,(H,17,18)/b6-4?,9-7-/t14-,15?/m0/s1. The van der Waals surface area contributed by atoms with E-state index in [1.54, 1.807) is 6.08 Å². The Balaban J connectivity index is 2.07. The normalized spacial score (nSPS) is 22.8. The summed E-state index contributed by atoms with van der Waals surface area (Å²) < 4.78 is 5.62. The molecule has 1 heterocycles. The first kappa shape index (κ1) is 17.1. The molecule has 4 heteroatoms. The number of carboxylic acids is 1. The van der Waals surface area contributed by atoms with Crippen LogP contribution in [-0.4, -0.2) is 35.3 Å². The largest absolute Gasteiger partial charge is 0.478 e. The van der Waals surface area contributed by atoms with Crippen LogP contribution < -0.4 is 0 Å². The Kier molecular flexibility index (Phi) is 9.16. The Hall–Kier alpha value is -1.00. The minimum absolute atomic E-state index is 0.676. The molecule has 3 nitrogen and oxygen atoms in total. The number of carboxylic acid groups (broad SMARTS) is 1. The minimum Gasteiger partial charge on any atom is -0.478 e. The molecule has 0 aliphatic carbocycles. The van der Waals surface area contributed by atoms with Gasteiger partial charge < -0.3 is 9.84 Å². The summed E-state index contributed by atoms with van der Waals surface area (Å²) in [7, 11) is 0. The van der Waals surface area contributed by atoms with Gasteiger partial charge in [0, 0.05) is 11.3 Å². The lowest BCUT2D eigenvalue weighted by Gasteiger charge is -2.09. The maximum atomic E-state index is 10.3. The molecule has 0 bridgehead atoms. The van der Waals surface area contributed by atoms with Crippen molar-refractivity contribution in [1.29, 1.82) is 0 Å². The van der Waals surface area contributed by atoms with Crippen LogP contribution in [0.2, 0.25) is 0 Å². The third-order valence-corrected chi connectivity index (χ3v) is 4.60. The van der Waals surface area contributed by atoms with Crippen molar-refractivity contribution in [1.82, 2.24) is 0 Å². The van der Waals surface area contributed by atoms with E-state index in [0.717, 1.165) is 26.1 Å². The smallest absolute Gasteiger partial charge is 0.327 e. The van der Waals surface area contributed by atoms with Gasteiger partial charge >= 0.3 is 5.97 Å². The van der Waals surface area contributed by atoms with E-state index in [-0.39, 0.29) is 0 Å². The lowest BCUT2D eigenvalue weighted by Crippen LogP contribution is -2.10. The van der Waals surface area contributed by atoms with Gasteiger partial charge in [-0.25, -0.2) is 4.79 Å². The second kappa shape index (κ2) is 10.7. The molecule has 2 atom stereocenters. The van der Waals surface area contributed by atoms with Crippen molar-refractivity contribution in [3.63, 3.8) is 0 Å². The van der Waals surface area contributed by atoms with E-state index in [1.807, 2.05) is 23.9 Å². The molecule has 1 aliphatic heterocycles. The molecule has 1 saturated heterocycles. The molecule has 1 rings (SSSR count). The molecule has 112 valence electrons. The highest BCUT2D eigenvalue weighted by Gasteiger charge is 2.24. The van der Waals surface area contributed by atoms with Gasteiger partial charge in [0.05, 0.1) is 13.2 Å². The first-order valence-electron chi connectivity index (χ1n) is 7.07. The van der Waals surface area contributed by atoms with Gasteiger partial charge in [-0.3, -0.25) is 0 Å². The highest BCUT2D eigenvalue weighted by Crippen LogP contribution is 2.33. The fourth-order valence-electron chi connectivity index (χ4n) is 2.07. The molecule has 1 unspecified atom stereocenters. The second-order valence-electron chi connectivity index (χ2n) is 4.89. The van der Waals surface area contributed by atoms with Crippen molar-refractivity contribution in [3.8, 4) is 0 Å². The van der Waals surface area contributed by atoms with Crippen LogP contribution in [0.1, 0.15) is 25.7 Å². The highest BCUT2D eigenvalue weighted by atomic mass is 32.2. The number of thioether (sulfide) groups is 1. The maximum absolute atomic E-state index is 10.3. The van der Waals surface area contributed by atoms with Gasteiger partial charge in [0.25, 0.3) is 0 Å². The second-order valence-corrected chi connectivity index (χ2v) is 6.23. The Labute approximate surface area is 125 Å². The topological polar surface area (TPSA) is 46.5 Å². The summed E-state index contributed by atoms with van der Waals surface area (Å²) >= 11 is 2.02. The zero-order chi connectivity index (χ0) is 14.6. The Morgan fingerprint density at radius 2 is 2.25 bits per heavy atom. The Morgan fingerprint density at radius 1 is 1.40 bits per heavy atom. The number of carbonyl (C=O) groups is 1. The summed E-state index contributed by atoms with van der Waals surface area (Å²) in [5.41, 5.74) is 0. The molecule has 0 radical (unpaired) electrons. The third kappa shape index (κ3) is 8.23. The summed E-state index contributed by atoms with van der Waals surface area (Å²) in [6.07, 6.45) is 12.8. The van der Waals surface area contributed by atoms with Crippen molar-refractivity contribution in [2.24, 2.45) is 5.92 Å². The predicted molar refractivity (Wildman–Crippen MR) is 85.1 cm³/mol. The summed E-state index contributed by atoms with van der Waals surface area (Å²) in [6.45, 7) is 5.32. The molecular formula is C16H24O3S. The number of aliphatic carboxylic acids is 1. The molecule has 1 N–H and O–H groups in total. The highest BCUT2D eigenvalue weighted by molar-refractivity contribution is 8.00. The van der Waals surface area contributed by atoms with Gasteiger partial charge in [-0.1, -0.05) is 24.3 Å². The fourth-order valence-corrected chi connectivity index (χ4v) is 3.50. The van der Waals surface area contributed by atoms with Crippen LogP contribution in [0.4, 0.5) is 0 Å². The summed E-state index contributed by atoms with van der Waals surface area (Å²) in [5.74, 6) is 0.977. The van der Waals surface area contributed by atoms with Crippen LogP contribution in [0.3, 0.4) is 0 Å². The van der Waals surface area contributed by atoms with Crippen molar-refractivity contribution >= 4 is 17.7 Å². The van der Waals surface area contributed by atoms with E-state index in [9.17, 15) is 4.79 Å². The van der Waals surface area contributed by atoms with Crippen molar-refractivity contribution < 1.29 is 14.6 Å². The zero-order valence-electron chi connectivity index (χ0n) is 11.9. The van der Waals surface area contributed by atoms with Crippen molar-refractivity contribution in [3.05, 3.63) is 37.0 Å². The summed E-state index contributed by atoms with van der Waals surface area (Å²) in [5, 5.41) is 9.13. The lowest BCUT2D eigenvalue weighted by atomic mass is 10.0. The number of hydrogen-bond acceptors (Lipinski definition) is 3. The molecule has 1 fully saturated rings.